The van der Waals surface area contributed by atoms with Gasteiger partial charge in [-0.25, -0.2) is 0 Å². The number of benzene rings is 2. The van der Waals surface area contributed by atoms with E-state index in [1.165, 1.54) is 16.7 Å². The molecule has 0 saturated carbocycles. The summed E-state index contributed by atoms with van der Waals surface area (Å²) in [6, 6.07) is 14.9. The number of aromatic hydroxyl groups is 2. The Morgan fingerprint density at radius 2 is 1.87 bits per heavy atom. The lowest BCUT2D eigenvalue weighted by Crippen LogP contribution is -2.33. The number of hydrogen-bond donors (Lipinski definition) is 3. The highest BCUT2D eigenvalue weighted by molar-refractivity contribution is 5.68. The molecule has 1 aromatic heterocycles. The van der Waals surface area contributed by atoms with E-state index in [2.05, 4.69) is 36.9 Å². The van der Waals surface area contributed by atoms with Gasteiger partial charge in [-0.3, -0.25) is 14.3 Å². The zero-order valence-corrected chi connectivity index (χ0v) is 22.4. The minimum atomic E-state index is -0.826. The van der Waals surface area contributed by atoms with Crippen molar-refractivity contribution in [1.29, 1.82) is 0 Å². The molecule has 0 amide bonds. The predicted molar refractivity (Wildman–Crippen MR) is 145 cm³/mol. The highest BCUT2D eigenvalue weighted by Crippen LogP contribution is 2.34. The Balaban J connectivity index is 1.53. The summed E-state index contributed by atoms with van der Waals surface area (Å²) in [5.74, 6) is 1.28. The van der Waals surface area contributed by atoms with Crippen molar-refractivity contribution < 1.29 is 29.6 Å². The first-order chi connectivity index (χ1) is 18.2. The van der Waals surface area contributed by atoms with Crippen LogP contribution < -0.4 is 9.47 Å². The van der Waals surface area contributed by atoms with E-state index in [-0.39, 0.29) is 24.2 Å². The summed E-state index contributed by atoms with van der Waals surface area (Å²) in [5, 5.41) is 29.5. The van der Waals surface area contributed by atoms with E-state index in [0.717, 1.165) is 53.1 Å². The molecule has 2 aromatic carbocycles. The van der Waals surface area contributed by atoms with E-state index in [0.29, 0.717) is 32.0 Å². The standard InChI is InChI=1S/C30H38N2O6/c1-20(2)18-31(25(17-30(35)36)23-8-9-26-24(16-23)12-14-38-26)19-21-6-7-22(27(15-21)37-3)5-4-13-32-28(33)10-11-29(32)34/h6-11,15-16,20,25,33-34H,4-5,12-14,17-19H2,1-3H3,(H,35,36). The molecule has 38 heavy (non-hydrogen) atoms. The number of hydrogen-bond acceptors (Lipinski definition) is 6. The minimum Gasteiger partial charge on any atom is -0.496 e. The number of rotatable bonds is 13. The van der Waals surface area contributed by atoms with Gasteiger partial charge in [0, 0.05) is 44.2 Å². The van der Waals surface area contributed by atoms with Crippen molar-refractivity contribution in [2.75, 3.05) is 20.3 Å². The Labute approximate surface area is 224 Å². The lowest BCUT2D eigenvalue weighted by Gasteiger charge is -2.33. The van der Waals surface area contributed by atoms with E-state index < -0.39 is 5.97 Å². The number of methoxy groups -OCH3 is 1. The topological polar surface area (TPSA) is 104 Å². The van der Waals surface area contributed by atoms with Gasteiger partial charge in [0.15, 0.2) is 11.8 Å². The molecular formula is C30H38N2O6. The normalized spacial score (nSPS) is 13.5. The minimum absolute atomic E-state index is 0.0145. The van der Waals surface area contributed by atoms with Crippen LogP contribution in [0.25, 0.3) is 0 Å². The van der Waals surface area contributed by atoms with Crippen LogP contribution in [0.15, 0.2) is 48.5 Å². The van der Waals surface area contributed by atoms with Crippen LogP contribution in [0, 0.1) is 5.92 Å². The fourth-order valence-corrected chi connectivity index (χ4v) is 5.24. The quantitative estimate of drug-likeness (QED) is 0.285. The average molecular weight is 523 g/mol. The number of ether oxygens (including phenoxy) is 2. The SMILES string of the molecule is COc1cc(CN(CC(C)C)C(CC(=O)O)c2ccc3c(c2)CCO3)ccc1CCCn1c(O)ccc1O. The molecule has 3 aromatic rings. The lowest BCUT2D eigenvalue weighted by atomic mass is 9.96. The molecular weight excluding hydrogens is 484 g/mol. The highest BCUT2D eigenvalue weighted by Gasteiger charge is 2.26. The van der Waals surface area contributed by atoms with Crippen molar-refractivity contribution in [1.82, 2.24) is 9.47 Å². The molecule has 204 valence electrons. The Kier molecular flexibility index (Phi) is 8.84. The van der Waals surface area contributed by atoms with E-state index in [4.69, 9.17) is 9.47 Å². The molecule has 0 saturated heterocycles. The number of nitrogens with zero attached hydrogens (tertiary/aromatic N) is 2. The second-order valence-electron chi connectivity index (χ2n) is 10.4. The zero-order valence-electron chi connectivity index (χ0n) is 22.4. The third-order valence-corrected chi connectivity index (χ3v) is 7.01. The van der Waals surface area contributed by atoms with Crippen LogP contribution in [0.2, 0.25) is 0 Å². The number of fused-ring (bicyclic) bond motifs is 1. The van der Waals surface area contributed by atoms with Crippen LogP contribution in [0.1, 0.15) is 55.0 Å². The summed E-state index contributed by atoms with van der Waals surface area (Å²) in [5.41, 5.74) is 4.22. The predicted octanol–water partition coefficient (Wildman–Crippen LogP) is 5.15. The van der Waals surface area contributed by atoms with Crippen molar-refractivity contribution in [3.63, 3.8) is 0 Å². The molecule has 0 radical (unpaired) electrons. The maximum absolute atomic E-state index is 11.9. The van der Waals surface area contributed by atoms with Crippen molar-refractivity contribution in [2.45, 2.75) is 58.7 Å². The molecule has 4 rings (SSSR count). The van der Waals surface area contributed by atoms with E-state index >= 15 is 0 Å². The Morgan fingerprint density at radius 1 is 1.11 bits per heavy atom. The first kappa shape index (κ1) is 27.4. The summed E-state index contributed by atoms with van der Waals surface area (Å²) in [4.78, 5) is 14.2. The molecule has 0 spiro atoms. The van der Waals surface area contributed by atoms with Crippen molar-refractivity contribution in [3.8, 4) is 23.3 Å². The van der Waals surface area contributed by atoms with E-state index in [1.807, 2.05) is 18.2 Å². The van der Waals surface area contributed by atoms with Crippen LogP contribution in [-0.4, -0.2) is 51.0 Å². The van der Waals surface area contributed by atoms with Gasteiger partial charge < -0.3 is 24.8 Å². The Bertz CT molecular complexity index is 1230. The Hall–Kier alpha value is -3.65. The van der Waals surface area contributed by atoms with E-state index in [1.54, 1.807) is 7.11 Å². The summed E-state index contributed by atoms with van der Waals surface area (Å²) >= 11 is 0. The van der Waals surface area contributed by atoms with Crippen LogP contribution in [0.3, 0.4) is 0 Å². The summed E-state index contributed by atoms with van der Waals surface area (Å²) in [7, 11) is 1.65. The van der Waals surface area contributed by atoms with Gasteiger partial charge in [0.2, 0.25) is 0 Å². The fraction of sp³-hybridized carbons (Fsp3) is 0.433. The van der Waals surface area contributed by atoms with Crippen LogP contribution in [0.5, 0.6) is 23.3 Å². The maximum atomic E-state index is 11.9. The van der Waals surface area contributed by atoms with Gasteiger partial charge in [0.1, 0.15) is 11.5 Å². The molecule has 1 aliphatic heterocycles. The second-order valence-corrected chi connectivity index (χ2v) is 10.4. The zero-order chi connectivity index (χ0) is 27.2. The molecule has 1 unspecified atom stereocenters. The smallest absolute Gasteiger partial charge is 0.305 e. The van der Waals surface area contributed by atoms with Gasteiger partial charge in [-0.2, -0.15) is 0 Å². The molecule has 8 heteroatoms. The number of carboxylic acid groups (broad SMARTS) is 1. The van der Waals surface area contributed by atoms with Gasteiger partial charge in [0.05, 0.1) is 20.1 Å². The molecule has 0 fully saturated rings. The van der Waals surface area contributed by atoms with Gasteiger partial charge >= 0.3 is 5.97 Å². The van der Waals surface area contributed by atoms with Gasteiger partial charge in [0.25, 0.3) is 0 Å². The average Bonchev–Trinajstić information content (AvgIpc) is 3.48. The number of aromatic nitrogens is 1. The maximum Gasteiger partial charge on any atom is 0.305 e. The van der Waals surface area contributed by atoms with Crippen molar-refractivity contribution in [3.05, 3.63) is 70.8 Å². The van der Waals surface area contributed by atoms with Gasteiger partial charge in [-0.05, 0) is 53.1 Å². The molecule has 2 heterocycles. The Morgan fingerprint density at radius 3 is 2.55 bits per heavy atom. The van der Waals surface area contributed by atoms with Crippen molar-refractivity contribution in [2.24, 2.45) is 5.92 Å². The third kappa shape index (κ3) is 6.61. The van der Waals surface area contributed by atoms with Crippen LogP contribution >= 0.6 is 0 Å². The van der Waals surface area contributed by atoms with E-state index in [9.17, 15) is 20.1 Å². The number of aryl methyl sites for hydroxylation is 1. The molecule has 3 N–H and O–H groups in total. The summed E-state index contributed by atoms with van der Waals surface area (Å²) < 4.78 is 12.8. The first-order valence-corrected chi connectivity index (χ1v) is 13.2. The lowest BCUT2D eigenvalue weighted by molar-refractivity contribution is -0.138. The molecule has 8 nitrogen and oxygen atoms in total. The van der Waals surface area contributed by atoms with Gasteiger partial charge in [-0.1, -0.05) is 38.1 Å². The summed E-state index contributed by atoms with van der Waals surface area (Å²) in [6.07, 6.45) is 2.29. The number of carboxylic acids is 1. The molecule has 1 atom stereocenters. The van der Waals surface area contributed by atoms with Crippen LogP contribution in [-0.2, 0) is 30.7 Å². The van der Waals surface area contributed by atoms with Crippen LogP contribution in [0.4, 0.5) is 0 Å². The highest BCUT2D eigenvalue weighted by atomic mass is 16.5. The fourth-order valence-electron chi connectivity index (χ4n) is 5.24. The number of carbonyl (C=O) groups is 1. The molecule has 1 aliphatic rings. The summed E-state index contributed by atoms with van der Waals surface area (Å²) in [6.45, 7) is 6.78. The first-order valence-electron chi connectivity index (χ1n) is 13.2. The molecule has 0 bridgehead atoms. The monoisotopic (exact) mass is 522 g/mol. The largest absolute Gasteiger partial charge is 0.496 e. The number of aliphatic carboxylic acids is 1. The van der Waals surface area contributed by atoms with Crippen molar-refractivity contribution >= 4 is 5.97 Å². The third-order valence-electron chi connectivity index (χ3n) is 7.01. The van der Waals surface area contributed by atoms with Gasteiger partial charge in [-0.15, -0.1) is 0 Å². The second kappa shape index (κ2) is 12.3. The molecule has 0 aliphatic carbocycles.